The number of hydrogen-bond donors (Lipinski definition) is 1. The van der Waals surface area contributed by atoms with E-state index in [9.17, 15) is 4.79 Å². The fourth-order valence-corrected chi connectivity index (χ4v) is 3.74. The molecule has 0 spiro atoms. The lowest BCUT2D eigenvalue weighted by atomic mass is 9.98. The second-order valence-electron chi connectivity index (χ2n) is 6.57. The highest BCUT2D eigenvalue weighted by molar-refractivity contribution is 7.14. The summed E-state index contributed by atoms with van der Waals surface area (Å²) in [4.78, 5) is 14.1. The summed E-state index contributed by atoms with van der Waals surface area (Å²) in [6, 6.07) is 9.60. The van der Waals surface area contributed by atoms with Gasteiger partial charge in [-0.1, -0.05) is 0 Å². The van der Waals surface area contributed by atoms with Gasteiger partial charge in [-0.15, -0.1) is 11.3 Å². The second-order valence-corrected chi connectivity index (χ2v) is 7.52. The summed E-state index contributed by atoms with van der Waals surface area (Å²) < 4.78 is 16.5. The molecule has 0 saturated carbocycles. The minimum absolute atomic E-state index is 0.0136. The molecular weight excluding hydrogens is 364 g/mol. The van der Waals surface area contributed by atoms with Crippen LogP contribution in [0.4, 0.5) is 9.80 Å². The fourth-order valence-electron chi connectivity index (χ4n) is 3.13. The first-order valence-electron chi connectivity index (χ1n) is 9.07. The third-order valence-electron chi connectivity index (χ3n) is 4.69. The number of carbonyl (C=O) groups excluding carboxylic acids is 1. The van der Waals surface area contributed by atoms with E-state index >= 15 is 0 Å². The first-order valence-corrected chi connectivity index (χ1v) is 9.95. The van der Waals surface area contributed by atoms with Gasteiger partial charge in [0.25, 0.3) is 0 Å². The Labute approximate surface area is 164 Å². The van der Waals surface area contributed by atoms with Crippen molar-refractivity contribution in [3.8, 4) is 11.5 Å². The number of thiophene rings is 1. The Morgan fingerprint density at radius 1 is 1.19 bits per heavy atom. The molecule has 0 atom stereocenters. The number of anilines is 1. The Balaban J connectivity index is 1.40. The minimum atomic E-state index is -0.0136. The third kappa shape index (κ3) is 5.61. The van der Waals surface area contributed by atoms with Gasteiger partial charge in [-0.05, 0) is 54.0 Å². The van der Waals surface area contributed by atoms with E-state index in [1.54, 1.807) is 14.2 Å². The molecule has 27 heavy (non-hydrogen) atoms. The minimum Gasteiger partial charge on any atom is -0.497 e. The quantitative estimate of drug-likeness (QED) is 0.769. The molecule has 6 nitrogen and oxygen atoms in total. The molecule has 3 rings (SSSR count). The van der Waals surface area contributed by atoms with Crippen molar-refractivity contribution >= 4 is 22.4 Å². The zero-order chi connectivity index (χ0) is 19.1. The highest BCUT2D eigenvalue weighted by Crippen LogP contribution is 2.24. The summed E-state index contributed by atoms with van der Waals surface area (Å²) in [5.41, 5.74) is 1.03. The Morgan fingerprint density at radius 3 is 2.48 bits per heavy atom. The Bertz CT molecular complexity index is 705. The molecule has 1 aromatic carbocycles. The summed E-state index contributed by atoms with van der Waals surface area (Å²) in [6.07, 6.45) is 1.92. The number of nitrogens with zero attached hydrogens (tertiary/aromatic N) is 1. The largest absolute Gasteiger partial charge is 0.497 e. The van der Waals surface area contributed by atoms with Crippen molar-refractivity contribution in [2.45, 2.75) is 19.4 Å². The van der Waals surface area contributed by atoms with Crippen LogP contribution in [-0.4, -0.2) is 44.8 Å². The number of rotatable bonds is 7. The van der Waals surface area contributed by atoms with Crippen molar-refractivity contribution in [2.24, 2.45) is 5.92 Å². The van der Waals surface area contributed by atoms with E-state index in [1.165, 1.54) is 11.3 Å². The first-order chi connectivity index (χ1) is 13.2. The number of ether oxygens (including phenoxy) is 3. The van der Waals surface area contributed by atoms with Crippen LogP contribution in [0.1, 0.15) is 18.4 Å². The molecular formula is C20H26N2O4S. The summed E-state index contributed by atoms with van der Waals surface area (Å²) in [6.45, 7) is 2.74. The van der Waals surface area contributed by atoms with Gasteiger partial charge in [0.1, 0.15) is 11.5 Å². The number of amides is 2. The maximum atomic E-state index is 12.3. The smallest absolute Gasteiger partial charge is 0.322 e. The van der Waals surface area contributed by atoms with E-state index in [0.29, 0.717) is 19.1 Å². The van der Waals surface area contributed by atoms with Crippen molar-refractivity contribution in [2.75, 3.05) is 39.2 Å². The van der Waals surface area contributed by atoms with Crippen LogP contribution in [0.25, 0.3) is 0 Å². The monoisotopic (exact) mass is 390 g/mol. The molecule has 0 aliphatic carbocycles. The van der Waals surface area contributed by atoms with E-state index in [1.807, 2.05) is 40.6 Å². The van der Waals surface area contributed by atoms with E-state index in [2.05, 4.69) is 5.32 Å². The molecule has 1 fully saturated rings. The lowest BCUT2D eigenvalue weighted by Crippen LogP contribution is -2.41. The molecule has 0 unspecified atom stereocenters. The van der Waals surface area contributed by atoms with Gasteiger partial charge < -0.3 is 19.1 Å². The average Bonchev–Trinajstić information content (AvgIpc) is 3.21. The van der Waals surface area contributed by atoms with Crippen LogP contribution in [-0.2, 0) is 11.3 Å². The Kier molecular flexibility index (Phi) is 6.95. The van der Waals surface area contributed by atoms with Crippen LogP contribution in [0.15, 0.2) is 35.7 Å². The van der Waals surface area contributed by atoms with Gasteiger partial charge >= 0.3 is 6.03 Å². The molecule has 2 heterocycles. The Hall–Kier alpha value is -2.25. The normalized spacial score (nSPS) is 14.8. The van der Waals surface area contributed by atoms with Crippen LogP contribution in [0.3, 0.4) is 0 Å². The third-order valence-corrected chi connectivity index (χ3v) is 5.47. The van der Waals surface area contributed by atoms with Crippen LogP contribution < -0.4 is 14.8 Å². The lowest BCUT2D eigenvalue weighted by Gasteiger charge is -2.31. The molecule has 2 aromatic rings. The van der Waals surface area contributed by atoms with Crippen LogP contribution >= 0.6 is 11.3 Å². The summed E-state index contributed by atoms with van der Waals surface area (Å²) >= 11 is 1.53. The maximum absolute atomic E-state index is 12.3. The summed E-state index contributed by atoms with van der Waals surface area (Å²) in [7, 11) is 3.28. The number of hydrogen-bond acceptors (Lipinski definition) is 5. The zero-order valence-corrected chi connectivity index (χ0v) is 16.6. The van der Waals surface area contributed by atoms with Gasteiger partial charge in [0.05, 0.1) is 25.8 Å². The number of urea groups is 1. The summed E-state index contributed by atoms with van der Waals surface area (Å²) in [5, 5.41) is 5.79. The molecule has 0 bridgehead atoms. The molecule has 1 saturated heterocycles. The number of nitrogens with one attached hydrogen (secondary N) is 1. The van der Waals surface area contributed by atoms with E-state index in [4.69, 9.17) is 14.2 Å². The average molecular weight is 391 g/mol. The molecule has 1 aliphatic heterocycles. The van der Waals surface area contributed by atoms with Crippen molar-refractivity contribution < 1.29 is 19.0 Å². The predicted octanol–water partition coefficient (Wildman–Crippen LogP) is 4.23. The first kappa shape index (κ1) is 19.5. The van der Waals surface area contributed by atoms with Crippen LogP contribution in [0.2, 0.25) is 0 Å². The van der Waals surface area contributed by atoms with Gasteiger partial charge in [-0.3, -0.25) is 5.32 Å². The number of piperidine rings is 1. The fraction of sp³-hybridized carbons (Fsp3) is 0.450. The molecule has 1 aliphatic rings. The topological polar surface area (TPSA) is 60.0 Å². The molecule has 1 N–H and O–H groups in total. The SMILES string of the molecule is COc1cc(COCC2CCN(C(=O)Nc3cccs3)CC2)cc(OC)c1. The predicted molar refractivity (Wildman–Crippen MR) is 107 cm³/mol. The molecule has 146 valence electrons. The highest BCUT2D eigenvalue weighted by Gasteiger charge is 2.23. The van der Waals surface area contributed by atoms with Crippen LogP contribution in [0.5, 0.6) is 11.5 Å². The van der Waals surface area contributed by atoms with Gasteiger partial charge in [-0.2, -0.15) is 0 Å². The number of carbonyl (C=O) groups is 1. The summed E-state index contributed by atoms with van der Waals surface area (Å²) in [5.74, 6) is 2.00. The van der Waals surface area contributed by atoms with Crippen molar-refractivity contribution in [1.82, 2.24) is 4.90 Å². The van der Waals surface area contributed by atoms with Crippen molar-refractivity contribution in [1.29, 1.82) is 0 Å². The van der Waals surface area contributed by atoms with Crippen molar-refractivity contribution in [3.05, 3.63) is 41.3 Å². The lowest BCUT2D eigenvalue weighted by molar-refractivity contribution is 0.0639. The maximum Gasteiger partial charge on any atom is 0.322 e. The number of benzene rings is 1. The number of likely N-dealkylation sites (tertiary alicyclic amines) is 1. The van der Waals surface area contributed by atoms with Gasteiger partial charge in [0.2, 0.25) is 0 Å². The molecule has 0 radical (unpaired) electrons. The standard InChI is InChI=1S/C20H26N2O4S/c1-24-17-10-16(11-18(12-17)25-2)14-26-13-15-5-7-22(8-6-15)20(23)21-19-4-3-9-27-19/h3-4,9-12,15H,5-8,13-14H2,1-2H3,(H,21,23). The van der Waals surface area contributed by atoms with E-state index < -0.39 is 0 Å². The van der Waals surface area contributed by atoms with Gasteiger partial charge in [-0.25, -0.2) is 4.79 Å². The molecule has 2 amide bonds. The van der Waals surface area contributed by atoms with E-state index in [0.717, 1.165) is 48.0 Å². The Morgan fingerprint density at radius 2 is 1.89 bits per heavy atom. The number of methoxy groups -OCH3 is 2. The molecule has 7 heteroatoms. The van der Waals surface area contributed by atoms with Crippen LogP contribution in [0, 0.1) is 5.92 Å². The van der Waals surface area contributed by atoms with Gasteiger partial charge in [0, 0.05) is 25.8 Å². The van der Waals surface area contributed by atoms with Crippen molar-refractivity contribution in [3.63, 3.8) is 0 Å². The van der Waals surface area contributed by atoms with Gasteiger partial charge in [0.15, 0.2) is 0 Å². The highest BCUT2D eigenvalue weighted by atomic mass is 32.1. The molecule has 1 aromatic heterocycles. The van der Waals surface area contributed by atoms with E-state index in [-0.39, 0.29) is 6.03 Å². The second kappa shape index (κ2) is 9.62. The zero-order valence-electron chi connectivity index (χ0n) is 15.8.